The molecule has 0 fully saturated rings. The average molecular weight is 345 g/mol. The number of benzene rings is 1. The van der Waals surface area contributed by atoms with Crippen LogP contribution in [0.15, 0.2) is 22.7 Å². The molecule has 0 spiro atoms. The summed E-state index contributed by atoms with van der Waals surface area (Å²) in [5.74, 6) is 0.861. The van der Waals surface area contributed by atoms with Crippen molar-refractivity contribution in [1.29, 1.82) is 0 Å². The van der Waals surface area contributed by atoms with Crippen LogP contribution >= 0.6 is 15.9 Å². The Bertz CT molecular complexity index is 401. The van der Waals surface area contributed by atoms with Gasteiger partial charge in [-0.05, 0) is 47.6 Å². The summed E-state index contributed by atoms with van der Waals surface area (Å²) in [6, 6.07) is 6.50. The van der Waals surface area contributed by atoms with Gasteiger partial charge in [-0.25, -0.2) is 0 Å². The van der Waals surface area contributed by atoms with E-state index in [4.69, 9.17) is 9.47 Å². The first kappa shape index (κ1) is 17.4. The highest BCUT2D eigenvalue weighted by Crippen LogP contribution is 2.27. The Morgan fingerprint density at radius 3 is 2.65 bits per heavy atom. The first-order valence-electron chi connectivity index (χ1n) is 6.82. The van der Waals surface area contributed by atoms with Gasteiger partial charge in [-0.15, -0.1) is 0 Å². The zero-order valence-corrected chi connectivity index (χ0v) is 14.4. The Hall–Kier alpha value is -0.620. The minimum atomic E-state index is 0.313. The van der Waals surface area contributed by atoms with Crippen LogP contribution in [-0.4, -0.2) is 52.4 Å². The molecule has 0 aliphatic heterocycles. The third-order valence-corrected chi connectivity index (χ3v) is 3.92. The molecule has 5 heteroatoms. The van der Waals surface area contributed by atoms with Crippen molar-refractivity contribution in [2.75, 3.05) is 47.5 Å². The summed E-state index contributed by atoms with van der Waals surface area (Å²) >= 11 is 3.52. The lowest BCUT2D eigenvalue weighted by atomic mass is 10.1. The van der Waals surface area contributed by atoms with Gasteiger partial charge < -0.3 is 19.7 Å². The van der Waals surface area contributed by atoms with Crippen LogP contribution in [0.1, 0.15) is 18.5 Å². The fourth-order valence-electron chi connectivity index (χ4n) is 1.90. The van der Waals surface area contributed by atoms with E-state index in [2.05, 4.69) is 52.3 Å². The largest absolute Gasteiger partial charge is 0.496 e. The molecule has 0 saturated carbocycles. The molecule has 1 rings (SSSR count). The molecule has 114 valence electrons. The van der Waals surface area contributed by atoms with Crippen LogP contribution in [0.4, 0.5) is 0 Å². The zero-order valence-electron chi connectivity index (χ0n) is 12.8. The highest BCUT2D eigenvalue weighted by Gasteiger charge is 2.08. The Morgan fingerprint density at radius 2 is 2.05 bits per heavy atom. The zero-order chi connectivity index (χ0) is 15.0. The molecule has 0 aliphatic rings. The molecule has 20 heavy (non-hydrogen) atoms. The number of hydrogen-bond acceptors (Lipinski definition) is 4. The van der Waals surface area contributed by atoms with Crippen molar-refractivity contribution < 1.29 is 9.47 Å². The van der Waals surface area contributed by atoms with Crippen LogP contribution in [0.2, 0.25) is 0 Å². The molecule has 0 aliphatic carbocycles. The predicted molar refractivity (Wildman–Crippen MR) is 86.5 cm³/mol. The summed E-state index contributed by atoms with van der Waals surface area (Å²) in [5, 5.41) is 3.53. The first-order valence-corrected chi connectivity index (χ1v) is 7.62. The third-order valence-electron chi connectivity index (χ3n) is 3.30. The lowest BCUT2D eigenvalue weighted by Gasteiger charge is -2.19. The van der Waals surface area contributed by atoms with E-state index in [1.165, 1.54) is 5.56 Å². The second-order valence-electron chi connectivity index (χ2n) is 4.87. The summed E-state index contributed by atoms with van der Waals surface area (Å²) in [6.07, 6.45) is 0. The molecule has 1 unspecified atom stereocenters. The summed E-state index contributed by atoms with van der Waals surface area (Å²) in [4.78, 5) is 2.26. The van der Waals surface area contributed by atoms with E-state index in [0.717, 1.165) is 36.5 Å². The van der Waals surface area contributed by atoms with E-state index >= 15 is 0 Å². The van der Waals surface area contributed by atoms with E-state index in [1.54, 1.807) is 14.2 Å². The van der Waals surface area contributed by atoms with Crippen LogP contribution in [-0.2, 0) is 4.74 Å². The normalized spacial score (nSPS) is 12.7. The molecule has 0 amide bonds. The van der Waals surface area contributed by atoms with Gasteiger partial charge in [0.15, 0.2) is 0 Å². The lowest BCUT2D eigenvalue weighted by Crippen LogP contribution is -2.32. The molecule has 1 atom stereocenters. The second-order valence-corrected chi connectivity index (χ2v) is 5.72. The van der Waals surface area contributed by atoms with Crippen molar-refractivity contribution in [3.05, 3.63) is 28.2 Å². The molecular formula is C15H25BrN2O2. The standard InChI is InChI=1S/C15H25BrN2O2/c1-12(17-7-8-18(2)9-10-19-3)13-5-6-15(20-4)14(16)11-13/h5-6,11-12,17H,7-10H2,1-4H3. The van der Waals surface area contributed by atoms with Gasteiger partial charge in [0.2, 0.25) is 0 Å². The Morgan fingerprint density at radius 1 is 1.30 bits per heavy atom. The molecule has 1 aromatic rings. The van der Waals surface area contributed by atoms with Gasteiger partial charge >= 0.3 is 0 Å². The van der Waals surface area contributed by atoms with Gasteiger partial charge in [0.1, 0.15) is 5.75 Å². The Balaban J connectivity index is 2.39. The molecule has 4 nitrogen and oxygen atoms in total. The van der Waals surface area contributed by atoms with Crippen LogP contribution in [0, 0.1) is 0 Å². The number of halogens is 1. The Kier molecular flexibility index (Phi) is 8.14. The van der Waals surface area contributed by atoms with Gasteiger partial charge in [0.05, 0.1) is 18.2 Å². The van der Waals surface area contributed by atoms with Crippen LogP contribution < -0.4 is 10.1 Å². The molecule has 0 saturated heterocycles. The van der Waals surface area contributed by atoms with Gasteiger partial charge in [-0.3, -0.25) is 0 Å². The van der Waals surface area contributed by atoms with E-state index in [1.807, 2.05) is 6.07 Å². The van der Waals surface area contributed by atoms with Crippen LogP contribution in [0.25, 0.3) is 0 Å². The fraction of sp³-hybridized carbons (Fsp3) is 0.600. The van der Waals surface area contributed by atoms with Crippen molar-refractivity contribution in [2.24, 2.45) is 0 Å². The average Bonchev–Trinajstić information content (AvgIpc) is 2.44. The number of methoxy groups -OCH3 is 2. The topological polar surface area (TPSA) is 33.7 Å². The number of hydrogen-bond donors (Lipinski definition) is 1. The minimum Gasteiger partial charge on any atom is -0.496 e. The van der Waals surface area contributed by atoms with E-state index in [-0.39, 0.29) is 0 Å². The van der Waals surface area contributed by atoms with Crippen molar-refractivity contribution in [2.45, 2.75) is 13.0 Å². The van der Waals surface area contributed by atoms with Gasteiger partial charge in [0, 0.05) is 32.8 Å². The maximum atomic E-state index is 5.24. The molecule has 1 N–H and O–H groups in total. The number of nitrogens with one attached hydrogen (secondary N) is 1. The van der Waals surface area contributed by atoms with Crippen molar-refractivity contribution in [3.63, 3.8) is 0 Å². The molecule has 0 radical (unpaired) electrons. The van der Waals surface area contributed by atoms with E-state index in [0.29, 0.717) is 6.04 Å². The summed E-state index contributed by atoms with van der Waals surface area (Å²) in [6.45, 7) is 5.86. The van der Waals surface area contributed by atoms with Crippen molar-refractivity contribution in [3.8, 4) is 5.75 Å². The van der Waals surface area contributed by atoms with Gasteiger partial charge in [-0.2, -0.15) is 0 Å². The summed E-state index contributed by atoms with van der Waals surface area (Å²) < 4.78 is 11.3. The smallest absolute Gasteiger partial charge is 0.133 e. The third kappa shape index (κ3) is 5.79. The molecule has 1 aromatic carbocycles. The maximum Gasteiger partial charge on any atom is 0.133 e. The predicted octanol–water partition coefficient (Wildman–Crippen LogP) is 2.69. The van der Waals surface area contributed by atoms with Gasteiger partial charge in [-0.1, -0.05) is 6.07 Å². The number of likely N-dealkylation sites (N-methyl/N-ethyl adjacent to an activating group) is 1. The highest BCUT2D eigenvalue weighted by atomic mass is 79.9. The number of ether oxygens (including phenoxy) is 2. The van der Waals surface area contributed by atoms with E-state index < -0.39 is 0 Å². The maximum absolute atomic E-state index is 5.24. The number of nitrogens with zero attached hydrogens (tertiary/aromatic N) is 1. The van der Waals surface area contributed by atoms with E-state index in [9.17, 15) is 0 Å². The van der Waals surface area contributed by atoms with Crippen LogP contribution in [0.3, 0.4) is 0 Å². The van der Waals surface area contributed by atoms with Crippen molar-refractivity contribution >= 4 is 15.9 Å². The fourth-order valence-corrected chi connectivity index (χ4v) is 2.46. The second kappa shape index (κ2) is 9.34. The quantitative estimate of drug-likeness (QED) is 0.746. The summed E-state index contributed by atoms with van der Waals surface area (Å²) in [5.41, 5.74) is 1.25. The number of rotatable bonds is 9. The van der Waals surface area contributed by atoms with Crippen molar-refractivity contribution in [1.82, 2.24) is 10.2 Å². The Labute approximate surface area is 130 Å². The van der Waals surface area contributed by atoms with Crippen LogP contribution in [0.5, 0.6) is 5.75 Å². The van der Waals surface area contributed by atoms with Gasteiger partial charge in [0.25, 0.3) is 0 Å². The highest BCUT2D eigenvalue weighted by molar-refractivity contribution is 9.10. The lowest BCUT2D eigenvalue weighted by molar-refractivity contribution is 0.161. The molecule has 0 bridgehead atoms. The minimum absolute atomic E-state index is 0.313. The first-order chi connectivity index (χ1) is 9.58. The molecule has 0 heterocycles. The monoisotopic (exact) mass is 344 g/mol. The summed E-state index contributed by atoms with van der Waals surface area (Å²) in [7, 11) is 5.52. The SMILES string of the molecule is COCCN(C)CCNC(C)c1ccc(OC)c(Br)c1. The molecular weight excluding hydrogens is 320 g/mol. The molecule has 0 aromatic heterocycles.